The van der Waals surface area contributed by atoms with Crippen molar-refractivity contribution < 1.29 is 0 Å². The molecule has 0 spiro atoms. The highest BCUT2D eigenvalue weighted by atomic mass is 15.2. The molecule has 76 valence electrons. The van der Waals surface area contributed by atoms with Gasteiger partial charge >= 0.3 is 0 Å². The van der Waals surface area contributed by atoms with Crippen LogP contribution in [0.4, 0.5) is 0 Å². The molecule has 0 saturated heterocycles. The van der Waals surface area contributed by atoms with E-state index < -0.39 is 0 Å². The SMILES string of the molecule is NCCN(Cc1cccnc1)C1CC1. The van der Waals surface area contributed by atoms with Gasteiger partial charge in [-0.2, -0.15) is 0 Å². The summed E-state index contributed by atoms with van der Waals surface area (Å²) in [6.07, 6.45) is 6.42. The minimum absolute atomic E-state index is 0.747. The van der Waals surface area contributed by atoms with Gasteiger partial charge < -0.3 is 5.73 Å². The van der Waals surface area contributed by atoms with Gasteiger partial charge in [0.05, 0.1) is 0 Å². The Morgan fingerprint density at radius 2 is 2.36 bits per heavy atom. The molecule has 0 radical (unpaired) electrons. The van der Waals surface area contributed by atoms with Crippen molar-refractivity contribution in [2.45, 2.75) is 25.4 Å². The van der Waals surface area contributed by atoms with E-state index in [2.05, 4.69) is 16.0 Å². The quantitative estimate of drug-likeness (QED) is 0.755. The molecule has 0 aromatic carbocycles. The first-order valence-corrected chi connectivity index (χ1v) is 5.23. The highest BCUT2D eigenvalue weighted by Crippen LogP contribution is 2.27. The zero-order valence-corrected chi connectivity index (χ0v) is 8.39. The summed E-state index contributed by atoms with van der Waals surface area (Å²) in [6.45, 7) is 2.74. The number of nitrogens with zero attached hydrogens (tertiary/aromatic N) is 2. The first-order chi connectivity index (χ1) is 6.90. The van der Waals surface area contributed by atoms with Crippen LogP contribution in [0, 0.1) is 0 Å². The van der Waals surface area contributed by atoms with E-state index >= 15 is 0 Å². The van der Waals surface area contributed by atoms with Gasteiger partial charge in [-0.25, -0.2) is 0 Å². The van der Waals surface area contributed by atoms with E-state index in [0.717, 1.165) is 25.7 Å². The van der Waals surface area contributed by atoms with Crippen molar-refractivity contribution in [2.75, 3.05) is 13.1 Å². The summed E-state index contributed by atoms with van der Waals surface area (Å²) in [6, 6.07) is 4.89. The zero-order chi connectivity index (χ0) is 9.80. The maximum atomic E-state index is 5.59. The summed E-state index contributed by atoms with van der Waals surface area (Å²) in [7, 11) is 0. The lowest BCUT2D eigenvalue weighted by molar-refractivity contribution is 0.262. The van der Waals surface area contributed by atoms with Gasteiger partial charge in [0.15, 0.2) is 0 Å². The second kappa shape index (κ2) is 4.53. The summed E-state index contributed by atoms with van der Waals surface area (Å²) in [5.74, 6) is 0. The fourth-order valence-corrected chi connectivity index (χ4v) is 1.72. The molecule has 3 heteroatoms. The van der Waals surface area contributed by atoms with Gasteiger partial charge in [0, 0.05) is 38.1 Å². The number of pyridine rings is 1. The van der Waals surface area contributed by atoms with Gasteiger partial charge in [-0.1, -0.05) is 6.07 Å². The van der Waals surface area contributed by atoms with Crippen molar-refractivity contribution in [1.82, 2.24) is 9.88 Å². The van der Waals surface area contributed by atoms with E-state index in [0.29, 0.717) is 0 Å². The molecule has 2 N–H and O–H groups in total. The molecule has 0 amide bonds. The lowest BCUT2D eigenvalue weighted by atomic mass is 10.2. The molecule has 3 nitrogen and oxygen atoms in total. The number of hydrogen-bond donors (Lipinski definition) is 1. The van der Waals surface area contributed by atoms with Gasteiger partial charge in [-0.15, -0.1) is 0 Å². The molecule has 1 fully saturated rings. The zero-order valence-electron chi connectivity index (χ0n) is 8.39. The summed E-state index contributed by atoms with van der Waals surface area (Å²) < 4.78 is 0. The fourth-order valence-electron chi connectivity index (χ4n) is 1.72. The van der Waals surface area contributed by atoms with Gasteiger partial charge in [0.1, 0.15) is 0 Å². The van der Waals surface area contributed by atoms with Crippen molar-refractivity contribution >= 4 is 0 Å². The summed E-state index contributed by atoms with van der Waals surface area (Å²) in [4.78, 5) is 6.58. The van der Waals surface area contributed by atoms with Crippen LogP contribution in [0.5, 0.6) is 0 Å². The standard InChI is InChI=1S/C11H17N3/c12-5-7-14(11-3-4-11)9-10-2-1-6-13-8-10/h1-2,6,8,11H,3-5,7,9,12H2. The van der Waals surface area contributed by atoms with Crippen LogP contribution in [0.15, 0.2) is 24.5 Å². The first kappa shape index (κ1) is 9.62. The highest BCUT2D eigenvalue weighted by Gasteiger charge is 2.28. The van der Waals surface area contributed by atoms with Crippen LogP contribution >= 0.6 is 0 Å². The van der Waals surface area contributed by atoms with E-state index in [1.165, 1.54) is 18.4 Å². The Labute approximate surface area is 84.9 Å². The lowest BCUT2D eigenvalue weighted by Gasteiger charge is -2.20. The molecule has 1 saturated carbocycles. The maximum absolute atomic E-state index is 5.59. The van der Waals surface area contributed by atoms with Gasteiger partial charge in [-0.05, 0) is 24.5 Å². The Morgan fingerprint density at radius 1 is 1.50 bits per heavy atom. The van der Waals surface area contributed by atoms with Crippen molar-refractivity contribution in [1.29, 1.82) is 0 Å². The lowest BCUT2D eigenvalue weighted by Crippen LogP contribution is -2.31. The molecule has 1 aliphatic carbocycles. The predicted octanol–water partition coefficient (Wildman–Crippen LogP) is 1.00. The predicted molar refractivity (Wildman–Crippen MR) is 56.7 cm³/mol. The summed E-state index contributed by atoms with van der Waals surface area (Å²) in [5.41, 5.74) is 6.88. The summed E-state index contributed by atoms with van der Waals surface area (Å²) >= 11 is 0. The molecule has 1 aromatic heterocycles. The number of nitrogens with two attached hydrogens (primary N) is 1. The van der Waals surface area contributed by atoms with Crippen molar-refractivity contribution in [3.63, 3.8) is 0 Å². The average molecular weight is 191 g/mol. The molecule has 14 heavy (non-hydrogen) atoms. The van der Waals surface area contributed by atoms with E-state index in [9.17, 15) is 0 Å². The summed E-state index contributed by atoms with van der Waals surface area (Å²) in [5, 5.41) is 0. The molecule has 1 aromatic rings. The van der Waals surface area contributed by atoms with E-state index in [-0.39, 0.29) is 0 Å². The minimum Gasteiger partial charge on any atom is -0.329 e. The Kier molecular flexibility index (Phi) is 3.11. The van der Waals surface area contributed by atoms with Crippen LogP contribution in [0.3, 0.4) is 0 Å². The Bertz CT molecular complexity index is 269. The largest absolute Gasteiger partial charge is 0.329 e. The van der Waals surface area contributed by atoms with E-state index in [4.69, 9.17) is 5.73 Å². The van der Waals surface area contributed by atoms with Gasteiger partial charge in [0.25, 0.3) is 0 Å². The van der Waals surface area contributed by atoms with Crippen molar-refractivity contribution in [2.24, 2.45) is 5.73 Å². The molecular formula is C11H17N3. The normalized spacial score (nSPS) is 16.1. The third-order valence-corrected chi connectivity index (χ3v) is 2.59. The second-order valence-electron chi connectivity index (χ2n) is 3.85. The van der Waals surface area contributed by atoms with E-state index in [1.54, 1.807) is 0 Å². The van der Waals surface area contributed by atoms with Crippen LogP contribution in [-0.4, -0.2) is 29.0 Å². The van der Waals surface area contributed by atoms with Crippen LogP contribution in [-0.2, 0) is 6.54 Å². The Hall–Kier alpha value is -0.930. The molecular weight excluding hydrogens is 174 g/mol. The minimum atomic E-state index is 0.747. The first-order valence-electron chi connectivity index (χ1n) is 5.23. The highest BCUT2D eigenvalue weighted by molar-refractivity contribution is 5.09. The second-order valence-corrected chi connectivity index (χ2v) is 3.85. The monoisotopic (exact) mass is 191 g/mol. The molecule has 0 bridgehead atoms. The number of hydrogen-bond acceptors (Lipinski definition) is 3. The van der Waals surface area contributed by atoms with Crippen LogP contribution in [0.1, 0.15) is 18.4 Å². The molecule has 0 aliphatic heterocycles. The van der Waals surface area contributed by atoms with Gasteiger partial charge in [-0.3, -0.25) is 9.88 Å². The Morgan fingerprint density at radius 3 is 2.93 bits per heavy atom. The fraction of sp³-hybridized carbons (Fsp3) is 0.545. The third kappa shape index (κ3) is 2.53. The smallest absolute Gasteiger partial charge is 0.0312 e. The number of rotatable bonds is 5. The number of aromatic nitrogens is 1. The van der Waals surface area contributed by atoms with Crippen LogP contribution < -0.4 is 5.73 Å². The average Bonchev–Trinajstić information content (AvgIpc) is 3.02. The molecule has 1 aliphatic rings. The van der Waals surface area contributed by atoms with Gasteiger partial charge in [0.2, 0.25) is 0 Å². The molecule has 1 heterocycles. The third-order valence-electron chi connectivity index (χ3n) is 2.59. The topological polar surface area (TPSA) is 42.1 Å². The van der Waals surface area contributed by atoms with E-state index in [1.807, 2.05) is 18.5 Å². The van der Waals surface area contributed by atoms with Crippen LogP contribution in [0.2, 0.25) is 0 Å². The molecule has 0 unspecified atom stereocenters. The van der Waals surface area contributed by atoms with Crippen LogP contribution in [0.25, 0.3) is 0 Å². The van der Waals surface area contributed by atoms with Crippen molar-refractivity contribution in [3.8, 4) is 0 Å². The van der Waals surface area contributed by atoms with Crippen molar-refractivity contribution in [3.05, 3.63) is 30.1 Å². The Balaban J connectivity index is 1.93. The maximum Gasteiger partial charge on any atom is 0.0312 e. The molecule has 2 rings (SSSR count). The molecule has 0 atom stereocenters.